The highest BCUT2D eigenvalue weighted by atomic mass is 35.5. The minimum atomic E-state index is -0.509. The molecule has 4 bridgehead atoms. The van der Waals surface area contributed by atoms with Crippen LogP contribution in [0.15, 0.2) is 18.2 Å². The average Bonchev–Trinajstić information content (AvgIpc) is 2.39. The van der Waals surface area contributed by atoms with Crippen LogP contribution in [0.3, 0.4) is 0 Å². The van der Waals surface area contributed by atoms with Crippen LogP contribution in [-0.4, -0.2) is 59.4 Å². The molecular formula is C14H17Cl2N3O. The van der Waals surface area contributed by atoms with Gasteiger partial charge in [-0.1, -0.05) is 29.3 Å². The molecule has 0 aliphatic carbocycles. The summed E-state index contributed by atoms with van der Waals surface area (Å²) in [7, 11) is 0. The van der Waals surface area contributed by atoms with Gasteiger partial charge >= 0.3 is 0 Å². The Bertz CT molecular complexity index is 516. The van der Waals surface area contributed by atoms with E-state index in [-0.39, 0.29) is 5.41 Å². The van der Waals surface area contributed by atoms with Crippen molar-refractivity contribution in [3.8, 4) is 0 Å². The molecule has 4 fully saturated rings. The maximum absolute atomic E-state index is 10.9. The number of benzene rings is 1. The molecule has 4 nitrogen and oxygen atoms in total. The van der Waals surface area contributed by atoms with E-state index in [0.717, 1.165) is 45.2 Å². The fraction of sp³-hybridized carbons (Fsp3) is 0.571. The van der Waals surface area contributed by atoms with Gasteiger partial charge in [0.1, 0.15) is 0 Å². The molecule has 1 aromatic rings. The van der Waals surface area contributed by atoms with E-state index in [9.17, 15) is 5.11 Å². The zero-order valence-corrected chi connectivity index (χ0v) is 12.6. The Labute approximate surface area is 128 Å². The van der Waals surface area contributed by atoms with Crippen molar-refractivity contribution in [3.63, 3.8) is 0 Å². The lowest BCUT2D eigenvalue weighted by atomic mass is 9.74. The Hall–Kier alpha value is -0.360. The van der Waals surface area contributed by atoms with E-state index < -0.39 is 6.10 Å². The molecule has 4 aliphatic heterocycles. The Morgan fingerprint density at radius 2 is 1.50 bits per heavy atom. The van der Waals surface area contributed by atoms with Gasteiger partial charge in [0.25, 0.3) is 0 Å². The summed E-state index contributed by atoms with van der Waals surface area (Å²) in [6, 6.07) is 5.45. The van der Waals surface area contributed by atoms with Crippen LogP contribution in [-0.2, 0) is 0 Å². The van der Waals surface area contributed by atoms with Crippen LogP contribution >= 0.6 is 23.2 Å². The predicted molar refractivity (Wildman–Crippen MR) is 78.6 cm³/mol. The lowest BCUT2D eigenvalue weighted by Crippen LogP contribution is -2.73. The standard InChI is InChI=1S/C14H17Cl2N3O/c15-11-2-1-10(3-12(11)16)13(20)14-4-17-7-18(5-14)9-19(6-14)8-17/h1-3,13,20H,4-9H2. The van der Waals surface area contributed by atoms with Crippen LogP contribution in [0.2, 0.25) is 10.0 Å². The third-order valence-electron chi connectivity index (χ3n) is 4.65. The number of nitrogens with zero attached hydrogens (tertiary/aromatic N) is 3. The molecule has 1 atom stereocenters. The van der Waals surface area contributed by atoms with Gasteiger partial charge in [-0.3, -0.25) is 14.7 Å². The number of halogens is 2. The summed E-state index contributed by atoms with van der Waals surface area (Å²) in [5, 5.41) is 12.0. The van der Waals surface area contributed by atoms with Crippen LogP contribution in [0, 0.1) is 5.41 Å². The summed E-state index contributed by atoms with van der Waals surface area (Å²) in [5.41, 5.74) is 0.747. The van der Waals surface area contributed by atoms with Crippen molar-refractivity contribution < 1.29 is 5.11 Å². The molecule has 0 amide bonds. The molecule has 1 unspecified atom stereocenters. The highest BCUT2D eigenvalue weighted by molar-refractivity contribution is 6.42. The SMILES string of the molecule is OC(c1ccc(Cl)c(Cl)c1)C12CN3CN(CN(C3)C1)C2. The van der Waals surface area contributed by atoms with Crippen LogP contribution in [0.5, 0.6) is 0 Å². The third kappa shape index (κ3) is 1.98. The van der Waals surface area contributed by atoms with Crippen molar-refractivity contribution in [3.05, 3.63) is 33.8 Å². The fourth-order valence-corrected chi connectivity index (χ4v) is 4.37. The number of hydrogen-bond donors (Lipinski definition) is 1. The normalized spacial score (nSPS) is 40.0. The summed E-state index contributed by atoms with van der Waals surface area (Å²) in [5.74, 6) is 0. The first-order valence-electron chi connectivity index (χ1n) is 6.86. The van der Waals surface area contributed by atoms with Crippen molar-refractivity contribution in [2.75, 3.05) is 39.6 Å². The second-order valence-corrected chi connectivity index (χ2v) is 7.16. The number of hydrogen-bond acceptors (Lipinski definition) is 4. The Kier molecular flexibility index (Phi) is 3.04. The third-order valence-corrected chi connectivity index (χ3v) is 5.39. The molecule has 0 saturated carbocycles. The van der Waals surface area contributed by atoms with E-state index >= 15 is 0 Å². The predicted octanol–water partition coefficient (Wildman–Crippen LogP) is 1.83. The minimum Gasteiger partial charge on any atom is -0.388 e. The second kappa shape index (κ2) is 4.57. The largest absolute Gasteiger partial charge is 0.388 e. The molecule has 1 N–H and O–H groups in total. The van der Waals surface area contributed by atoms with Crippen LogP contribution in [0.4, 0.5) is 0 Å². The molecule has 6 heteroatoms. The second-order valence-electron chi connectivity index (χ2n) is 6.35. The fourth-order valence-electron chi connectivity index (χ4n) is 4.06. The van der Waals surface area contributed by atoms with E-state index in [4.69, 9.17) is 23.2 Å². The van der Waals surface area contributed by atoms with Crippen molar-refractivity contribution >= 4 is 23.2 Å². The van der Waals surface area contributed by atoms with Gasteiger partial charge in [0.2, 0.25) is 0 Å². The maximum Gasteiger partial charge on any atom is 0.0883 e. The molecule has 0 radical (unpaired) electrons. The number of aliphatic hydroxyl groups is 1. The molecule has 20 heavy (non-hydrogen) atoms. The first-order chi connectivity index (χ1) is 9.56. The van der Waals surface area contributed by atoms with Gasteiger partial charge in [0.15, 0.2) is 0 Å². The summed E-state index contributed by atoms with van der Waals surface area (Å²) in [4.78, 5) is 7.20. The molecule has 5 rings (SSSR count). The average molecular weight is 314 g/mol. The van der Waals surface area contributed by atoms with E-state index in [2.05, 4.69) is 14.7 Å². The highest BCUT2D eigenvalue weighted by Gasteiger charge is 2.52. The summed E-state index contributed by atoms with van der Waals surface area (Å²) in [6.07, 6.45) is -0.509. The van der Waals surface area contributed by atoms with Crippen molar-refractivity contribution in [2.24, 2.45) is 5.41 Å². The molecule has 4 aliphatic rings. The van der Waals surface area contributed by atoms with E-state index in [1.807, 2.05) is 6.07 Å². The lowest BCUT2D eigenvalue weighted by Gasteiger charge is -2.61. The van der Waals surface area contributed by atoms with Gasteiger partial charge in [0, 0.05) is 25.0 Å². The van der Waals surface area contributed by atoms with Gasteiger partial charge in [-0.2, -0.15) is 0 Å². The minimum absolute atomic E-state index is 0.119. The monoisotopic (exact) mass is 313 g/mol. The molecule has 4 heterocycles. The Morgan fingerprint density at radius 1 is 0.950 bits per heavy atom. The van der Waals surface area contributed by atoms with Gasteiger partial charge in [-0.05, 0) is 17.7 Å². The summed E-state index contributed by atoms with van der Waals surface area (Å²) < 4.78 is 0. The molecule has 4 saturated heterocycles. The number of aliphatic hydroxyl groups excluding tert-OH is 1. The first kappa shape index (κ1) is 13.3. The Morgan fingerprint density at radius 3 is 2.00 bits per heavy atom. The first-order valence-corrected chi connectivity index (χ1v) is 7.61. The van der Waals surface area contributed by atoms with Crippen molar-refractivity contribution in [1.29, 1.82) is 0 Å². The quantitative estimate of drug-likeness (QED) is 0.902. The number of rotatable bonds is 2. The molecule has 108 valence electrons. The smallest absolute Gasteiger partial charge is 0.0883 e. The van der Waals surface area contributed by atoms with Gasteiger partial charge in [0.05, 0.1) is 36.2 Å². The van der Waals surface area contributed by atoms with E-state index in [1.165, 1.54) is 0 Å². The molecule has 0 spiro atoms. The molecular weight excluding hydrogens is 297 g/mol. The van der Waals surface area contributed by atoms with Crippen molar-refractivity contribution in [2.45, 2.75) is 6.10 Å². The lowest BCUT2D eigenvalue weighted by molar-refractivity contribution is -0.204. The zero-order chi connectivity index (χ0) is 13.9. The van der Waals surface area contributed by atoms with Crippen LogP contribution < -0.4 is 0 Å². The van der Waals surface area contributed by atoms with Gasteiger partial charge in [-0.15, -0.1) is 0 Å². The Balaban J connectivity index is 1.67. The van der Waals surface area contributed by atoms with Crippen LogP contribution in [0.1, 0.15) is 11.7 Å². The maximum atomic E-state index is 10.9. The van der Waals surface area contributed by atoms with Crippen molar-refractivity contribution in [1.82, 2.24) is 14.7 Å². The molecule has 1 aromatic carbocycles. The topological polar surface area (TPSA) is 30.0 Å². The van der Waals surface area contributed by atoms with Gasteiger partial charge in [-0.25, -0.2) is 0 Å². The van der Waals surface area contributed by atoms with Crippen LogP contribution in [0.25, 0.3) is 0 Å². The van der Waals surface area contributed by atoms with E-state index in [1.54, 1.807) is 12.1 Å². The summed E-state index contributed by atoms with van der Waals surface area (Å²) in [6.45, 7) is 5.90. The molecule has 0 aromatic heterocycles. The highest BCUT2D eigenvalue weighted by Crippen LogP contribution is 2.44. The van der Waals surface area contributed by atoms with Gasteiger partial charge < -0.3 is 5.11 Å². The summed E-state index contributed by atoms with van der Waals surface area (Å²) >= 11 is 12.1. The van der Waals surface area contributed by atoms with E-state index in [0.29, 0.717) is 10.0 Å². The zero-order valence-electron chi connectivity index (χ0n) is 11.1.